The van der Waals surface area contributed by atoms with Gasteiger partial charge >= 0.3 is 0 Å². The molecule has 0 N–H and O–H groups in total. The molecule has 3 heteroatoms. The molecule has 1 aliphatic heterocycles. The van der Waals surface area contributed by atoms with Gasteiger partial charge in [0.2, 0.25) is 0 Å². The molecule has 0 bridgehead atoms. The third-order valence-electron chi connectivity index (χ3n) is 1.82. The summed E-state index contributed by atoms with van der Waals surface area (Å²) in [7, 11) is 0. The number of ether oxygens (including phenoxy) is 1. The smallest absolute Gasteiger partial charge is 0.175 e. The van der Waals surface area contributed by atoms with E-state index in [-0.39, 0.29) is 12.2 Å². The van der Waals surface area contributed by atoms with Gasteiger partial charge in [-0.25, -0.2) is 0 Å². The second-order valence-electron chi connectivity index (χ2n) is 2.66. The van der Waals surface area contributed by atoms with E-state index in [9.17, 15) is 0 Å². The van der Waals surface area contributed by atoms with Gasteiger partial charge in [0.15, 0.2) is 6.10 Å². The first-order valence-corrected chi connectivity index (χ1v) is 3.99. The van der Waals surface area contributed by atoms with E-state index >= 15 is 0 Å². The van der Waals surface area contributed by atoms with Gasteiger partial charge in [0.05, 0.1) is 6.07 Å². The number of nitriles is 1. The zero-order valence-electron chi connectivity index (χ0n) is 6.20. The summed E-state index contributed by atoms with van der Waals surface area (Å²) in [6, 6.07) is 9.40. The SMILES string of the molecule is N#C[C@@H]1O[C@@H]1c1ccc(Cl)cc1. The number of hydrogen-bond acceptors (Lipinski definition) is 2. The number of nitrogens with zero attached hydrogens (tertiary/aromatic N) is 1. The highest BCUT2D eigenvalue weighted by molar-refractivity contribution is 6.30. The lowest BCUT2D eigenvalue weighted by Gasteiger charge is -1.93. The van der Waals surface area contributed by atoms with Crippen molar-refractivity contribution in [2.24, 2.45) is 0 Å². The molecule has 60 valence electrons. The molecule has 1 aromatic carbocycles. The average molecular weight is 180 g/mol. The zero-order chi connectivity index (χ0) is 8.55. The first-order chi connectivity index (χ1) is 5.81. The van der Waals surface area contributed by atoms with E-state index in [1.807, 2.05) is 18.2 Å². The van der Waals surface area contributed by atoms with E-state index in [1.54, 1.807) is 12.1 Å². The van der Waals surface area contributed by atoms with Gasteiger partial charge in [-0.05, 0) is 17.7 Å². The molecule has 0 aliphatic carbocycles. The van der Waals surface area contributed by atoms with Crippen molar-refractivity contribution in [3.63, 3.8) is 0 Å². The largest absolute Gasteiger partial charge is 0.348 e. The van der Waals surface area contributed by atoms with Crippen molar-refractivity contribution < 1.29 is 4.74 Å². The van der Waals surface area contributed by atoms with Crippen molar-refractivity contribution in [1.29, 1.82) is 5.26 Å². The molecule has 0 aromatic heterocycles. The van der Waals surface area contributed by atoms with Crippen LogP contribution in [0.3, 0.4) is 0 Å². The summed E-state index contributed by atoms with van der Waals surface area (Å²) < 4.78 is 5.09. The standard InChI is InChI=1S/C9H6ClNO/c10-7-3-1-6(2-4-7)9-8(5-11)12-9/h1-4,8-9H/t8-,9+/m0/s1. The minimum atomic E-state index is -0.258. The summed E-state index contributed by atoms with van der Waals surface area (Å²) >= 11 is 5.70. The minimum absolute atomic E-state index is 0.0349. The van der Waals surface area contributed by atoms with Crippen LogP contribution in [0.2, 0.25) is 5.02 Å². The highest BCUT2D eigenvalue weighted by Gasteiger charge is 2.40. The Kier molecular flexibility index (Phi) is 1.76. The van der Waals surface area contributed by atoms with E-state index in [0.717, 1.165) is 5.56 Å². The van der Waals surface area contributed by atoms with Crippen LogP contribution in [0.4, 0.5) is 0 Å². The molecule has 1 aromatic rings. The quantitative estimate of drug-likeness (QED) is 0.621. The predicted octanol–water partition coefficient (Wildman–Crippen LogP) is 2.30. The van der Waals surface area contributed by atoms with Gasteiger partial charge in [-0.2, -0.15) is 5.26 Å². The minimum Gasteiger partial charge on any atom is -0.348 e. The van der Waals surface area contributed by atoms with Crippen LogP contribution in [0.1, 0.15) is 11.7 Å². The molecular weight excluding hydrogens is 174 g/mol. The van der Waals surface area contributed by atoms with Gasteiger partial charge in [-0.15, -0.1) is 0 Å². The van der Waals surface area contributed by atoms with Crippen molar-refractivity contribution in [2.45, 2.75) is 12.2 Å². The topological polar surface area (TPSA) is 36.3 Å². The Hall–Kier alpha value is -1.04. The number of epoxide rings is 1. The summed E-state index contributed by atoms with van der Waals surface area (Å²) in [5.74, 6) is 0. The van der Waals surface area contributed by atoms with Gasteiger partial charge in [0, 0.05) is 5.02 Å². The van der Waals surface area contributed by atoms with E-state index in [1.165, 1.54) is 0 Å². The van der Waals surface area contributed by atoms with Crippen molar-refractivity contribution >= 4 is 11.6 Å². The molecule has 2 rings (SSSR count). The molecule has 0 unspecified atom stereocenters. The van der Waals surface area contributed by atoms with Crippen LogP contribution in [-0.2, 0) is 4.74 Å². The molecule has 1 aliphatic rings. The van der Waals surface area contributed by atoms with Crippen LogP contribution in [0.5, 0.6) is 0 Å². The number of rotatable bonds is 1. The number of hydrogen-bond donors (Lipinski definition) is 0. The van der Waals surface area contributed by atoms with E-state index < -0.39 is 0 Å². The molecular formula is C9H6ClNO. The van der Waals surface area contributed by atoms with Gasteiger partial charge in [0.1, 0.15) is 6.10 Å². The third-order valence-corrected chi connectivity index (χ3v) is 2.07. The summed E-state index contributed by atoms with van der Waals surface area (Å²) in [4.78, 5) is 0. The lowest BCUT2D eigenvalue weighted by Crippen LogP contribution is -1.83. The fourth-order valence-corrected chi connectivity index (χ4v) is 1.24. The Morgan fingerprint density at radius 1 is 1.33 bits per heavy atom. The second-order valence-corrected chi connectivity index (χ2v) is 3.09. The monoisotopic (exact) mass is 179 g/mol. The number of benzene rings is 1. The van der Waals surface area contributed by atoms with Gasteiger partial charge < -0.3 is 4.74 Å². The molecule has 1 saturated heterocycles. The Bertz CT molecular complexity index is 327. The lowest BCUT2D eigenvalue weighted by molar-refractivity contribution is 0.396. The van der Waals surface area contributed by atoms with Gasteiger partial charge in [-0.3, -0.25) is 0 Å². The fourth-order valence-electron chi connectivity index (χ4n) is 1.12. The molecule has 0 radical (unpaired) electrons. The Morgan fingerprint density at radius 2 is 2.00 bits per heavy atom. The van der Waals surface area contributed by atoms with Crippen molar-refractivity contribution in [2.75, 3.05) is 0 Å². The van der Waals surface area contributed by atoms with E-state index in [2.05, 4.69) is 0 Å². The molecule has 0 saturated carbocycles. The normalized spacial score (nSPS) is 26.3. The van der Waals surface area contributed by atoms with Gasteiger partial charge in [0.25, 0.3) is 0 Å². The highest BCUT2D eigenvalue weighted by Crippen LogP contribution is 2.38. The van der Waals surface area contributed by atoms with Crippen LogP contribution in [-0.4, -0.2) is 6.10 Å². The summed E-state index contributed by atoms with van der Waals surface area (Å²) in [5.41, 5.74) is 1.02. The maximum atomic E-state index is 8.49. The van der Waals surface area contributed by atoms with Crippen LogP contribution in [0, 0.1) is 11.3 Å². The van der Waals surface area contributed by atoms with Crippen LogP contribution < -0.4 is 0 Å². The van der Waals surface area contributed by atoms with Crippen LogP contribution in [0.25, 0.3) is 0 Å². The second kappa shape index (κ2) is 2.78. The molecule has 1 heterocycles. The van der Waals surface area contributed by atoms with E-state index in [0.29, 0.717) is 5.02 Å². The maximum absolute atomic E-state index is 8.49. The molecule has 2 atom stereocenters. The molecule has 2 nitrogen and oxygen atoms in total. The lowest BCUT2D eigenvalue weighted by atomic mass is 10.1. The van der Waals surface area contributed by atoms with Crippen molar-refractivity contribution in [3.05, 3.63) is 34.9 Å². The first kappa shape index (κ1) is 7.60. The van der Waals surface area contributed by atoms with Crippen LogP contribution in [0.15, 0.2) is 24.3 Å². The molecule has 1 fully saturated rings. The molecule has 12 heavy (non-hydrogen) atoms. The Morgan fingerprint density at radius 3 is 2.50 bits per heavy atom. The highest BCUT2D eigenvalue weighted by atomic mass is 35.5. The molecule has 0 spiro atoms. The summed E-state index contributed by atoms with van der Waals surface area (Å²) in [6.45, 7) is 0. The first-order valence-electron chi connectivity index (χ1n) is 3.62. The van der Waals surface area contributed by atoms with Crippen LogP contribution >= 0.6 is 11.6 Å². The molecule has 0 amide bonds. The number of halogens is 1. The maximum Gasteiger partial charge on any atom is 0.175 e. The average Bonchev–Trinajstić information content (AvgIpc) is 2.85. The fraction of sp³-hybridized carbons (Fsp3) is 0.222. The van der Waals surface area contributed by atoms with Crippen molar-refractivity contribution in [3.8, 4) is 6.07 Å². The van der Waals surface area contributed by atoms with E-state index in [4.69, 9.17) is 21.6 Å². The Balaban J connectivity index is 2.17. The third kappa shape index (κ3) is 1.29. The Labute approximate surface area is 75.3 Å². The zero-order valence-corrected chi connectivity index (χ0v) is 6.95. The van der Waals surface area contributed by atoms with Gasteiger partial charge in [-0.1, -0.05) is 23.7 Å². The summed E-state index contributed by atoms with van der Waals surface area (Å²) in [6.07, 6.45) is -0.293. The van der Waals surface area contributed by atoms with Crippen molar-refractivity contribution in [1.82, 2.24) is 0 Å². The predicted molar refractivity (Wildman–Crippen MR) is 44.7 cm³/mol. The summed E-state index contributed by atoms with van der Waals surface area (Å²) in [5, 5.41) is 9.19.